The summed E-state index contributed by atoms with van der Waals surface area (Å²) in [6.45, 7) is 4.54. The van der Waals surface area contributed by atoms with Crippen molar-refractivity contribution >= 4 is 0 Å². The lowest BCUT2D eigenvalue weighted by Crippen LogP contribution is -2.28. The average molecular weight is 286 g/mol. The lowest BCUT2D eigenvalue weighted by atomic mass is 10.0. The van der Waals surface area contributed by atoms with Crippen LogP contribution in [-0.4, -0.2) is 18.7 Å². The zero-order chi connectivity index (χ0) is 15.4. The van der Waals surface area contributed by atoms with Crippen molar-refractivity contribution in [1.82, 2.24) is 9.88 Å². The Balaban J connectivity index is 2.36. The third kappa shape index (κ3) is 3.52. The maximum Gasteiger partial charge on any atom is 0.250 e. The third-order valence-corrected chi connectivity index (χ3v) is 3.64. The Morgan fingerprint density at radius 2 is 1.90 bits per heavy atom. The van der Waals surface area contributed by atoms with Gasteiger partial charge in [0.15, 0.2) is 0 Å². The van der Waals surface area contributed by atoms with Gasteiger partial charge in [-0.25, -0.2) is 0 Å². The first-order valence-corrected chi connectivity index (χ1v) is 7.04. The zero-order valence-corrected chi connectivity index (χ0v) is 13.0. The molecule has 2 aromatic rings. The molecule has 0 amide bonds. The Morgan fingerprint density at radius 1 is 1.19 bits per heavy atom. The minimum Gasteiger partial charge on any atom is -0.496 e. The van der Waals surface area contributed by atoms with E-state index in [0.717, 1.165) is 16.9 Å². The molecule has 1 unspecified atom stereocenters. The van der Waals surface area contributed by atoms with Crippen molar-refractivity contribution in [1.29, 1.82) is 0 Å². The van der Waals surface area contributed by atoms with Gasteiger partial charge in [0.2, 0.25) is 0 Å². The Hall–Kier alpha value is -2.07. The molecule has 0 aliphatic heterocycles. The van der Waals surface area contributed by atoms with Crippen molar-refractivity contribution in [3.63, 3.8) is 0 Å². The molecule has 112 valence electrons. The van der Waals surface area contributed by atoms with Crippen molar-refractivity contribution in [2.75, 3.05) is 14.2 Å². The van der Waals surface area contributed by atoms with E-state index in [1.807, 2.05) is 45.3 Å². The number of methoxy groups -OCH3 is 1. The number of benzene rings is 1. The molecular weight excluding hydrogens is 264 g/mol. The topological polar surface area (TPSA) is 43.3 Å². The van der Waals surface area contributed by atoms with Gasteiger partial charge < -0.3 is 14.6 Å². The van der Waals surface area contributed by atoms with Crippen LogP contribution in [0.25, 0.3) is 0 Å². The SMILES string of the molecule is CNC(Cn1ccc(C)cc1=O)c1cc(C)ccc1OC. The number of likely N-dealkylation sites (N-methyl/N-ethyl adjacent to an activating group) is 1. The van der Waals surface area contributed by atoms with Crippen LogP contribution in [0.5, 0.6) is 5.75 Å². The first-order chi connectivity index (χ1) is 10.0. The quantitative estimate of drug-likeness (QED) is 0.918. The second kappa shape index (κ2) is 6.59. The van der Waals surface area contributed by atoms with Gasteiger partial charge in [-0.15, -0.1) is 0 Å². The molecule has 1 heterocycles. The Morgan fingerprint density at radius 3 is 2.52 bits per heavy atom. The summed E-state index contributed by atoms with van der Waals surface area (Å²) in [7, 11) is 3.56. The van der Waals surface area contributed by atoms with Crippen molar-refractivity contribution in [3.05, 3.63) is 63.6 Å². The molecule has 4 heteroatoms. The van der Waals surface area contributed by atoms with E-state index in [2.05, 4.69) is 11.4 Å². The molecule has 0 spiro atoms. The standard InChI is InChI=1S/C17H22N2O2/c1-12-5-6-16(21-4)14(9-12)15(18-3)11-19-8-7-13(2)10-17(19)20/h5-10,15,18H,11H2,1-4H3. The largest absolute Gasteiger partial charge is 0.496 e. The van der Waals surface area contributed by atoms with Crippen LogP contribution < -0.4 is 15.6 Å². The first-order valence-electron chi connectivity index (χ1n) is 7.04. The number of ether oxygens (including phenoxy) is 1. The summed E-state index contributed by atoms with van der Waals surface area (Å²) in [4.78, 5) is 12.0. The summed E-state index contributed by atoms with van der Waals surface area (Å²) in [5.74, 6) is 0.833. The summed E-state index contributed by atoms with van der Waals surface area (Å²) in [6.07, 6.45) is 1.84. The highest BCUT2D eigenvalue weighted by molar-refractivity contribution is 5.39. The fraction of sp³-hybridized carbons (Fsp3) is 0.353. The highest BCUT2D eigenvalue weighted by Gasteiger charge is 2.15. The molecular formula is C17H22N2O2. The molecule has 0 radical (unpaired) electrons. The summed E-state index contributed by atoms with van der Waals surface area (Å²) in [5, 5.41) is 3.27. The number of pyridine rings is 1. The van der Waals surface area contributed by atoms with Gasteiger partial charge in [-0.3, -0.25) is 4.79 Å². The molecule has 21 heavy (non-hydrogen) atoms. The Labute approximate surface area is 125 Å². The molecule has 1 atom stereocenters. The van der Waals surface area contributed by atoms with Crippen LogP contribution in [0.1, 0.15) is 22.7 Å². The van der Waals surface area contributed by atoms with E-state index < -0.39 is 0 Å². The van der Waals surface area contributed by atoms with E-state index in [1.165, 1.54) is 5.56 Å². The second-order valence-electron chi connectivity index (χ2n) is 5.28. The summed E-state index contributed by atoms with van der Waals surface area (Å²) >= 11 is 0. The Bertz CT molecular complexity index is 677. The monoisotopic (exact) mass is 286 g/mol. The van der Waals surface area contributed by atoms with Gasteiger partial charge in [0, 0.05) is 24.4 Å². The molecule has 0 saturated carbocycles. The number of nitrogens with one attached hydrogen (secondary N) is 1. The van der Waals surface area contributed by atoms with Crippen LogP contribution in [0.4, 0.5) is 0 Å². The van der Waals surface area contributed by atoms with Crippen molar-refractivity contribution in [2.24, 2.45) is 0 Å². The van der Waals surface area contributed by atoms with Crippen LogP contribution in [-0.2, 0) is 6.54 Å². The number of rotatable bonds is 5. The Kier molecular flexibility index (Phi) is 4.81. The van der Waals surface area contributed by atoms with Crippen molar-refractivity contribution < 1.29 is 4.74 Å². The first kappa shape index (κ1) is 15.3. The lowest BCUT2D eigenvalue weighted by Gasteiger charge is -2.21. The molecule has 1 aromatic heterocycles. The summed E-state index contributed by atoms with van der Waals surface area (Å²) in [6, 6.07) is 9.70. The van der Waals surface area contributed by atoms with Gasteiger partial charge in [0.25, 0.3) is 5.56 Å². The number of aromatic nitrogens is 1. The number of aryl methyl sites for hydroxylation is 2. The predicted molar refractivity (Wildman–Crippen MR) is 85.0 cm³/mol. The lowest BCUT2D eigenvalue weighted by molar-refractivity contribution is 0.393. The van der Waals surface area contributed by atoms with E-state index in [9.17, 15) is 4.79 Å². The molecule has 0 saturated heterocycles. The van der Waals surface area contributed by atoms with Crippen molar-refractivity contribution in [2.45, 2.75) is 26.4 Å². The average Bonchev–Trinajstić information content (AvgIpc) is 2.46. The number of hydrogen-bond acceptors (Lipinski definition) is 3. The van der Waals surface area contributed by atoms with Gasteiger partial charge in [0.1, 0.15) is 5.75 Å². The molecule has 1 N–H and O–H groups in total. The maximum absolute atomic E-state index is 12.0. The molecule has 2 rings (SSSR count). The second-order valence-corrected chi connectivity index (χ2v) is 5.28. The fourth-order valence-electron chi connectivity index (χ4n) is 2.43. The number of hydrogen-bond donors (Lipinski definition) is 1. The van der Waals surface area contributed by atoms with Crippen LogP contribution in [0.3, 0.4) is 0 Å². The van der Waals surface area contributed by atoms with Gasteiger partial charge in [0.05, 0.1) is 13.2 Å². The minimum atomic E-state index is 0.0141. The summed E-state index contributed by atoms with van der Waals surface area (Å²) in [5.41, 5.74) is 3.22. The van der Waals surface area contributed by atoms with E-state index in [4.69, 9.17) is 4.74 Å². The maximum atomic E-state index is 12.0. The van der Waals surface area contributed by atoms with E-state index in [1.54, 1.807) is 17.7 Å². The zero-order valence-electron chi connectivity index (χ0n) is 13.0. The van der Waals surface area contributed by atoms with E-state index in [0.29, 0.717) is 6.54 Å². The smallest absolute Gasteiger partial charge is 0.250 e. The number of nitrogens with zero attached hydrogens (tertiary/aromatic N) is 1. The summed E-state index contributed by atoms with van der Waals surface area (Å²) < 4.78 is 7.16. The van der Waals surface area contributed by atoms with Crippen LogP contribution in [0, 0.1) is 13.8 Å². The normalized spacial score (nSPS) is 12.2. The molecule has 4 nitrogen and oxygen atoms in total. The highest BCUT2D eigenvalue weighted by atomic mass is 16.5. The third-order valence-electron chi connectivity index (χ3n) is 3.64. The van der Waals surface area contributed by atoms with Crippen LogP contribution in [0.2, 0.25) is 0 Å². The van der Waals surface area contributed by atoms with Gasteiger partial charge in [-0.1, -0.05) is 17.7 Å². The molecule has 1 aromatic carbocycles. The van der Waals surface area contributed by atoms with Gasteiger partial charge in [-0.05, 0) is 38.6 Å². The predicted octanol–water partition coefficient (Wildman–Crippen LogP) is 2.43. The van der Waals surface area contributed by atoms with E-state index >= 15 is 0 Å². The van der Waals surface area contributed by atoms with E-state index in [-0.39, 0.29) is 11.6 Å². The molecule has 0 aliphatic rings. The molecule has 0 aliphatic carbocycles. The van der Waals surface area contributed by atoms with Crippen LogP contribution in [0.15, 0.2) is 41.3 Å². The van der Waals surface area contributed by atoms with Crippen molar-refractivity contribution in [3.8, 4) is 5.75 Å². The molecule has 0 fully saturated rings. The van der Waals surface area contributed by atoms with Gasteiger partial charge in [-0.2, -0.15) is 0 Å². The fourth-order valence-corrected chi connectivity index (χ4v) is 2.43. The van der Waals surface area contributed by atoms with Gasteiger partial charge >= 0.3 is 0 Å². The minimum absolute atomic E-state index is 0.0141. The molecule has 0 bridgehead atoms. The van der Waals surface area contributed by atoms with Crippen LogP contribution >= 0.6 is 0 Å². The highest BCUT2D eigenvalue weighted by Crippen LogP contribution is 2.27.